The van der Waals surface area contributed by atoms with E-state index in [9.17, 15) is 15.1 Å². The summed E-state index contributed by atoms with van der Waals surface area (Å²) < 4.78 is 11.0. The van der Waals surface area contributed by atoms with Gasteiger partial charge in [-0.3, -0.25) is 24.8 Å². The van der Waals surface area contributed by atoms with Crippen LogP contribution in [-0.4, -0.2) is 84.1 Å². The van der Waals surface area contributed by atoms with Crippen LogP contribution in [0.3, 0.4) is 0 Å². The fourth-order valence-corrected chi connectivity index (χ4v) is 6.47. The van der Waals surface area contributed by atoms with Crippen LogP contribution in [0.5, 0.6) is 5.75 Å². The molecule has 2 fully saturated rings. The number of aliphatic hydroxyl groups excluding tert-OH is 1. The van der Waals surface area contributed by atoms with Gasteiger partial charge in [0.25, 0.3) is 0 Å². The van der Waals surface area contributed by atoms with Crippen molar-refractivity contribution >= 4 is 28.1 Å². The lowest BCUT2D eigenvalue weighted by Gasteiger charge is -2.40. The van der Waals surface area contributed by atoms with Crippen LogP contribution in [0.25, 0.3) is 10.9 Å². The first-order chi connectivity index (χ1) is 20.0. The third-order valence-electron chi connectivity index (χ3n) is 8.36. The maximum absolute atomic E-state index is 13.0. The number of thiophene rings is 1. The number of hydroxylamine groups is 1. The summed E-state index contributed by atoms with van der Waals surface area (Å²) in [6.45, 7) is 5.68. The number of ether oxygens (including phenoxy) is 2. The number of nitrogens with one attached hydrogen (secondary N) is 1. The van der Waals surface area contributed by atoms with E-state index in [1.165, 1.54) is 0 Å². The van der Waals surface area contributed by atoms with Crippen LogP contribution < -0.4 is 10.2 Å². The minimum Gasteiger partial charge on any atom is -0.497 e. The molecule has 1 atom stereocenters. The zero-order chi connectivity index (χ0) is 28.7. The van der Waals surface area contributed by atoms with Gasteiger partial charge < -0.3 is 14.6 Å². The normalized spacial score (nSPS) is 18.4. The number of carbonyl (C=O) groups is 1. The highest BCUT2D eigenvalue weighted by atomic mass is 32.1. The zero-order valence-electron chi connectivity index (χ0n) is 23.5. The van der Waals surface area contributed by atoms with Gasteiger partial charge in [0.2, 0.25) is 5.91 Å². The number of hydrogen-bond donors (Lipinski definition) is 3. The molecule has 3 N–H and O–H groups in total. The molecule has 0 bridgehead atoms. The van der Waals surface area contributed by atoms with Gasteiger partial charge in [-0.15, -0.1) is 11.3 Å². The molecular formula is C31H38N4O5S. The molecule has 3 aromatic rings. The quantitative estimate of drug-likeness (QED) is 0.201. The molecule has 1 aromatic carbocycles. The maximum atomic E-state index is 13.0. The van der Waals surface area contributed by atoms with E-state index in [4.69, 9.17) is 9.47 Å². The second-order valence-electron chi connectivity index (χ2n) is 10.8. The zero-order valence-corrected chi connectivity index (χ0v) is 24.3. The number of carbonyl (C=O) groups excluding carboxylic acids is 1. The minimum absolute atomic E-state index is 0.373. The Bertz CT molecular complexity index is 1370. The SMILES string of the molecule is COc1ccc2ncc(CN3CCOCC3)c([C@H](O)CCC3(C(=O)NO)CCN(CC#Cc4cccs4)CC3)c2c1. The smallest absolute Gasteiger partial charge is 0.249 e. The number of piperidine rings is 1. The van der Waals surface area contributed by atoms with Crippen molar-refractivity contribution in [2.24, 2.45) is 5.41 Å². The second kappa shape index (κ2) is 13.7. The Morgan fingerprint density at radius 1 is 1.22 bits per heavy atom. The Balaban J connectivity index is 1.33. The van der Waals surface area contributed by atoms with E-state index in [2.05, 4.69) is 26.6 Å². The number of pyridine rings is 1. The summed E-state index contributed by atoms with van der Waals surface area (Å²) in [5.74, 6) is 6.74. The van der Waals surface area contributed by atoms with Crippen molar-refractivity contribution in [1.29, 1.82) is 0 Å². The van der Waals surface area contributed by atoms with Gasteiger partial charge in [-0.2, -0.15) is 0 Å². The Hall–Kier alpha value is -3.04. The summed E-state index contributed by atoms with van der Waals surface area (Å²) in [4.78, 5) is 23.3. The molecule has 9 nitrogen and oxygen atoms in total. The van der Waals surface area contributed by atoms with Gasteiger partial charge in [0.1, 0.15) is 5.75 Å². The summed E-state index contributed by atoms with van der Waals surface area (Å²) in [6, 6.07) is 9.69. The fraction of sp³-hybridized carbons (Fsp3) is 0.484. The molecule has 2 aliphatic rings. The molecule has 4 heterocycles. The average Bonchev–Trinajstić information content (AvgIpc) is 3.54. The van der Waals surface area contributed by atoms with E-state index < -0.39 is 11.5 Å². The predicted octanol–water partition coefficient (Wildman–Crippen LogP) is 3.59. The molecule has 0 saturated carbocycles. The van der Waals surface area contributed by atoms with Crippen molar-refractivity contribution in [3.63, 3.8) is 0 Å². The number of benzene rings is 1. The molecule has 1 amide bonds. The summed E-state index contributed by atoms with van der Waals surface area (Å²) >= 11 is 1.62. The monoisotopic (exact) mass is 578 g/mol. The van der Waals surface area contributed by atoms with Gasteiger partial charge >= 0.3 is 0 Å². The number of amides is 1. The van der Waals surface area contributed by atoms with E-state index in [1.54, 1.807) is 18.4 Å². The van der Waals surface area contributed by atoms with Crippen LogP contribution in [0.15, 0.2) is 41.9 Å². The van der Waals surface area contributed by atoms with E-state index in [-0.39, 0.29) is 5.91 Å². The largest absolute Gasteiger partial charge is 0.497 e. The predicted molar refractivity (Wildman–Crippen MR) is 158 cm³/mol. The molecule has 10 heteroatoms. The van der Waals surface area contributed by atoms with Gasteiger partial charge in [0, 0.05) is 44.3 Å². The number of aromatic nitrogens is 1. The molecule has 41 heavy (non-hydrogen) atoms. The summed E-state index contributed by atoms with van der Waals surface area (Å²) in [7, 11) is 1.62. The number of likely N-dealkylation sites (tertiary alicyclic amines) is 1. The molecule has 5 rings (SSSR count). The highest BCUT2D eigenvalue weighted by molar-refractivity contribution is 7.10. The highest BCUT2D eigenvalue weighted by Crippen LogP contribution is 2.40. The highest BCUT2D eigenvalue weighted by Gasteiger charge is 2.41. The molecular weight excluding hydrogens is 540 g/mol. The number of rotatable bonds is 9. The summed E-state index contributed by atoms with van der Waals surface area (Å²) in [6.07, 6.45) is 3.02. The third kappa shape index (κ3) is 7.07. The molecule has 0 radical (unpaired) electrons. The Morgan fingerprint density at radius 2 is 2.02 bits per heavy atom. The van der Waals surface area contributed by atoms with Crippen LogP contribution in [0.2, 0.25) is 0 Å². The van der Waals surface area contributed by atoms with E-state index in [0.717, 1.165) is 40.0 Å². The van der Waals surface area contributed by atoms with E-state index >= 15 is 0 Å². The number of aliphatic hydroxyl groups is 1. The lowest BCUT2D eigenvalue weighted by atomic mass is 9.73. The van der Waals surface area contributed by atoms with Gasteiger partial charge in [0.05, 0.1) is 48.8 Å². The first kappa shape index (κ1) is 29.5. The topological polar surface area (TPSA) is 107 Å². The standard InChI is InChI=1S/C31H38N4O5S/c1-39-24-6-7-27-26(20-24)29(23(21-32-27)22-35-15-17-40-18-16-35)28(36)8-9-31(30(37)33-38)10-13-34(14-11-31)12-2-4-25-5-3-19-41-25/h3,5-7,19-21,28,36,38H,8-18,22H2,1H3,(H,33,37)/t28-/m1/s1. The van der Waals surface area contributed by atoms with Crippen LogP contribution in [0.4, 0.5) is 0 Å². The van der Waals surface area contributed by atoms with Crippen molar-refractivity contribution in [2.45, 2.75) is 38.3 Å². The minimum atomic E-state index is -0.818. The van der Waals surface area contributed by atoms with Gasteiger partial charge in [-0.25, -0.2) is 5.48 Å². The van der Waals surface area contributed by atoms with Crippen molar-refractivity contribution in [1.82, 2.24) is 20.3 Å². The number of methoxy groups -OCH3 is 1. The van der Waals surface area contributed by atoms with Crippen LogP contribution >= 0.6 is 11.3 Å². The third-order valence-corrected chi connectivity index (χ3v) is 9.14. The van der Waals surface area contributed by atoms with E-state index in [1.807, 2.05) is 47.4 Å². The average molecular weight is 579 g/mol. The maximum Gasteiger partial charge on any atom is 0.249 e. The molecule has 0 aliphatic carbocycles. The number of hydrogen-bond acceptors (Lipinski definition) is 9. The van der Waals surface area contributed by atoms with Gasteiger partial charge in [0.15, 0.2) is 0 Å². The first-order valence-corrected chi connectivity index (χ1v) is 15.0. The molecule has 2 aromatic heterocycles. The van der Waals surface area contributed by atoms with Crippen molar-refractivity contribution in [3.05, 3.63) is 57.9 Å². The fourth-order valence-electron chi connectivity index (χ4n) is 5.87. The number of morpholine rings is 1. The van der Waals surface area contributed by atoms with Gasteiger partial charge in [-0.05, 0) is 66.5 Å². The number of nitrogens with zero attached hydrogens (tertiary/aromatic N) is 3. The van der Waals surface area contributed by atoms with Crippen molar-refractivity contribution in [2.75, 3.05) is 53.0 Å². The van der Waals surface area contributed by atoms with Crippen LogP contribution in [0.1, 0.15) is 47.8 Å². The lowest BCUT2D eigenvalue weighted by molar-refractivity contribution is -0.143. The summed E-state index contributed by atoms with van der Waals surface area (Å²) in [5.41, 5.74) is 3.71. The number of fused-ring (bicyclic) bond motifs is 1. The van der Waals surface area contributed by atoms with Crippen LogP contribution in [-0.2, 0) is 16.1 Å². The molecule has 2 saturated heterocycles. The Labute approximate surface area is 245 Å². The van der Waals surface area contributed by atoms with Crippen LogP contribution in [0, 0.1) is 17.3 Å². The van der Waals surface area contributed by atoms with Crippen molar-refractivity contribution < 1.29 is 24.6 Å². The molecule has 0 unspecified atom stereocenters. The summed E-state index contributed by atoms with van der Waals surface area (Å²) in [5, 5.41) is 24.2. The van der Waals surface area contributed by atoms with Gasteiger partial charge in [-0.1, -0.05) is 17.9 Å². The molecule has 2 aliphatic heterocycles. The first-order valence-electron chi connectivity index (χ1n) is 14.1. The molecule has 218 valence electrons. The van der Waals surface area contributed by atoms with Crippen molar-refractivity contribution in [3.8, 4) is 17.6 Å². The van der Waals surface area contributed by atoms with E-state index in [0.29, 0.717) is 70.8 Å². The molecule has 0 spiro atoms. The second-order valence-corrected chi connectivity index (χ2v) is 11.7. The Kier molecular flexibility index (Phi) is 9.88. The lowest BCUT2D eigenvalue weighted by Crippen LogP contribution is -2.48. The Morgan fingerprint density at radius 3 is 2.73 bits per heavy atom.